The van der Waals surface area contributed by atoms with Crippen LogP contribution in [-0.4, -0.2) is 32.7 Å². The molecule has 1 rings (SSSR count). The molecule has 17 heavy (non-hydrogen) atoms. The monoisotopic (exact) mass is 238 g/mol. The van der Waals surface area contributed by atoms with Crippen molar-refractivity contribution in [3.8, 4) is 11.5 Å². The Bertz CT molecular complexity index is 360. The lowest BCUT2D eigenvalue weighted by Crippen LogP contribution is -2.00. The Morgan fingerprint density at radius 3 is 2.71 bits per heavy atom. The van der Waals surface area contributed by atoms with Gasteiger partial charge in [0.15, 0.2) is 18.3 Å². The van der Waals surface area contributed by atoms with E-state index in [1.165, 1.54) is 0 Å². The minimum absolute atomic E-state index is 0.155. The van der Waals surface area contributed by atoms with E-state index in [4.69, 9.17) is 19.3 Å². The van der Waals surface area contributed by atoms with Crippen molar-refractivity contribution >= 4 is 6.08 Å². The number of ether oxygens (including phenoxy) is 3. The standard InChI is InChI=1S/C13H18O4/c1-15-10-17-12-7-6-11(5-3-4-8-14)9-13(12)16-2/h3,5-7,9,14H,4,8,10H2,1-2H3/b5-3+. The van der Waals surface area contributed by atoms with Crippen molar-refractivity contribution in [1.82, 2.24) is 0 Å². The zero-order valence-corrected chi connectivity index (χ0v) is 10.2. The average molecular weight is 238 g/mol. The van der Waals surface area contributed by atoms with Crippen molar-refractivity contribution in [2.24, 2.45) is 0 Å². The average Bonchev–Trinajstić information content (AvgIpc) is 2.37. The van der Waals surface area contributed by atoms with Gasteiger partial charge in [0.1, 0.15) is 0 Å². The Hall–Kier alpha value is -1.52. The molecule has 0 spiro atoms. The summed E-state index contributed by atoms with van der Waals surface area (Å²) in [6, 6.07) is 5.62. The molecule has 0 saturated carbocycles. The summed E-state index contributed by atoms with van der Waals surface area (Å²) in [5, 5.41) is 8.68. The van der Waals surface area contributed by atoms with Gasteiger partial charge in [0, 0.05) is 13.7 Å². The third-order valence-corrected chi connectivity index (χ3v) is 2.13. The molecule has 4 heteroatoms. The molecule has 0 unspecified atom stereocenters. The molecule has 94 valence electrons. The van der Waals surface area contributed by atoms with E-state index in [1.807, 2.05) is 30.4 Å². The lowest BCUT2D eigenvalue weighted by Gasteiger charge is -2.10. The summed E-state index contributed by atoms with van der Waals surface area (Å²) in [4.78, 5) is 0. The molecule has 0 aromatic heterocycles. The van der Waals surface area contributed by atoms with Crippen LogP contribution in [0, 0.1) is 0 Å². The molecule has 0 saturated heterocycles. The SMILES string of the molecule is COCOc1ccc(/C=C/CCO)cc1OC. The number of methoxy groups -OCH3 is 2. The third kappa shape index (κ3) is 4.46. The maximum atomic E-state index is 8.68. The first-order chi connectivity index (χ1) is 8.31. The van der Waals surface area contributed by atoms with Crippen molar-refractivity contribution in [1.29, 1.82) is 0 Å². The Morgan fingerprint density at radius 2 is 2.06 bits per heavy atom. The van der Waals surface area contributed by atoms with Crippen molar-refractivity contribution in [2.45, 2.75) is 6.42 Å². The highest BCUT2D eigenvalue weighted by Gasteiger charge is 2.04. The molecule has 1 N–H and O–H groups in total. The summed E-state index contributed by atoms with van der Waals surface area (Å²) in [6.07, 6.45) is 4.48. The third-order valence-electron chi connectivity index (χ3n) is 2.13. The minimum atomic E-state index is 0.155. The molecule has 0 radical (unpaired) electrons. The van der Waals surface area contributed by atoms with Gasteiger partial charge in [-0.2, -0.15) is 0 Å². The van der Waals surface area contributed by atoms with Gasteiger partial charge in [-0.15, -0.1) is 0 Å². The second-order valence-electron chi connectivity index (χ2n) is 3.38. The lowest BCUT2D eigenvalue weighted by molar-refractivity contribution is 0.0491. The maximum absolute atomic E-state index is 8.68. The number of hydrogen-bond donors (Lipinski definition) is 1. The molecule has 1 aromatic rings. The molecule has 0 aliphatic heterocycles. The lowest BCUT2D eigenvalue weighted by atomic mass is 10.2. The summed E-state index contributed by atoms with van der Waals surface area (Å²) >= 11 is 0. The molecule has 0 aliphatic carbocycles. The smallest absolute Gasteiger partial charge is 0.188 e. The van der Waals surface area contributed by atoms with E-state index < -0.39 is 0 Å². The quantitative estimate of drug-likeness (QED) is 0.739. The first-order valence-corrected chi connectivity index (χ1v) is 5.39. The number of aliphatic hydroxyl groups excluding tert-OH is 1. The summed E-state index contributed by atoms with van der Waals surface area (Å²) in [5.41, 5.74) is 1.00. The van der Waals surface area contributed by atoms with Crippen molar-refractivity contribution < 1.29 is 19.3 Å². The van der Waals surface area contributed by atoms with Gasteiger partial charge in [-0.05, 0) is 24.1 Å². The van der Waals surface area contributed by atoms with Gasteiger partial charge >= 0.3 is 0 Å². The Morgan fingerprint density at radius 1 is 1.24 bits per heavy atom. The predicted octanol–water partition coefficient (Wildman–Crippen LogP) is 2.07. The molecule has 0 heterocycles. The van der Waals surface area contributed by atoms with Gasteiger partial charge in [-0.25, -0.2) is 0 Å². The van der Waals surface area contributed by atoms with Gasteiger partial charge in [-0.3, -0.25) is 0 Å². The van der Waals surface area contributed by atoms with Crippen LogP contribution in [0.3, 0.4) is 0 Å². The van der Waals surface area contributed by atoms with Crippen LogP contribution < -0.4 is 9.47 Å². The number of aliphatic hydroxyl groups is 1. The topological polar surface area (TPSA) is 47.9 Å². The van der Waals surface area contributed by atoms with Gasteiger partial charge < -0.3 is 19.3 Å². The van der Waals surface area contributed by atoms with Crippen molar-refractivity contribution in [2.75, 3.05) is 27.6 Å². The van der Waals surface area contributed by atoms with Crippen LogP contribution in [0.4, 0.5) is 0 Å². The van der Waals surface area contributed by atoms with E-state index in [0.717, 1.165) is 5.56 Å². The molecule has 0 bridgehead atoms. The Kier molecular flexibility index (Phi) is 6.14. The summed E-state index contributed by atoms with van der Waals surface area (Å²) < 4.78 is 15.4. The van der Waals surface area contributed by atoms with E-state index in [2.05, 4.69) is 0 Å². The number of hydrogen-bond acceptors (Lipinski definition) is 4. The first-order valence-electron chi connectivity index (χ1n) is 5.39. The van der Waals surface area contributed by atoms with Gasteiger partial charge in [0.2, 0.25) is 0 Å². The maximum Gasteiger partial charge on any atom is 0.188 e. The zero-order valence-electron chi connectivity index (χ0n) is 10.2. The molecule has 0 aliphatic rings. The normalized spacial score (nSPS) is 10.8. The van der Waals surface area contributed by atoms with Crippen molar-refractivity contribution in [3.05, 3.63) is 29.8 Å². The fourth-order valence-electron chi connectivity index (χ4n) is 1.32. The molecular formula is C13H18O4. The fourth-order valence-corrected chi connectivity index (χ4v) is 1.32. The fraction of sp³-hybridized carbons (Fsp3) is 0.385. The number of rotatable bonds is 7. The van der Waals surface area contributed by atoms with E-state index in [9.17, 15) is 0 Å². The highest BCUT2D eigenvalue weighted by atomic mass is 16.7. The van der Waals surface area contributed by atoms with Crippen LogP contribution in [0.2, 0.25) is 0 Å². The Labute approximate surface area is 101 Å². The summed E-state index contributed by atoms with van der Waals surface area (Å²) in [5.74, 6) is 1.31. The van der Waals surface area contributed by atoms with E-state index in [-0.39, 0.29) is 13.4 Å². The van der Waals surface area contributed by atoms with Crippen LogP contribution in [0.15, 0.2) is 24.3 Å². The summed E-state index contributed by atoms with van der Waals surface area (Å²) in [6.45, 7) is 0.346. The molecular weight excluding hydrogens is 220 g/mol. The first kappa shape index (κ1) is 13.5. The van der Waals surface area contributed by atoms with E-state index in [1.54, 1.807) is 14.2 Å². The molecule has 0 fully saturated rings. The molecule has 0 amide bonds. The van der Waals surface area contributed by atoms with Crippen LogP contribution in [0.5, 0.6) is 11.5 Å². The molecule has 1 aromatic carbocycles. The second kappa shape index (κ2) is 7.70. The molecule has 4 nitrogen and oxygen atoms in total. The van der Waals surface area contributed by atoms with Gasteiger partial charge in [-0.1, -0.05) is 18.2 Å². The highest BCUT2D eigenvalue weighted by Crippen LogP contribution is 2.28. The van der Waals surface area contributed by atoms with Crippen LogP contribution >= 0.6 is 0 Å². The summed E-state index contributed by atoms with van der Waals surface area (Å²) in [7, 11) is 3.16. The largest absolute Gasteiger partial charge is 0.493 e. The minimum Gasteiger partial charge on any atom is -0.493 e. The zero-order chi connectivity index (χ0) is 12.5. The van der Waals surface area contributed by atoms with E-state index >= 15 is 0 Å². The highest BCUT2D eigenvalue weighted by molar-refractivity contribution is 5.55. The molecule has 0 atom stereocenters. The Balaban J connectivity index is 2.77. The predicted molar refractivity (Wildman–Crippen MR) is 66.2 cm³/mol. The van der Waals surface area contributed by atoms with Crippen LogP contribution in [-0.2, 0) is 4.74 Å². The van der Waals surface area contributed by atoms with E-state index in [0.29, 0.717) is 17.9 Å². The van der Waals surface area contributed by atoms with Gasteiger partial charge in [0.05, 0.1) is 7.11 Å². The second-order valence-corrected chi connectivity index (χ2v) is 3.38. The van der Waals surface area contributed by atoms with Crippen molar-refractivity contribution in [3.63, 3.8) is 0 Å². The van der Waals surface area contributed by atoms with Gasteiger partial charge in [0.25, 0.3) is 0 Å². The van der Waals surface area contributed by atoms with Crippen LogP contribution in [0.25, 0.3) is 6.08 Å². The van der Waals surface area contributed by atoms with Crippen LogP contribution in [0.1, 0.15) is 12.0 Å². The number of benzene rings is 1.